The third kappa shape index (κ3) is 9.97. The first kappa shape index (κ1) is 55.2. The largest absolute Gasteiger partial charge is 0.462 e. The average molecular weight is 1060 g/mol. The molecular formula is C28H50Cl2N2O20S8. The van der Waals surface area contributed by atoms with Gasteiger partial charge in [0.25, 0.3) is 0 Å². The fourth-order valence-electron chi connectivity index (χ4n) is 7.51. The van der Waals surface area contributed by atoms with Crippen LogP contribution in [0, 0.1) is 0 Å². The van der Waals surface area contributed by atoms with Crippen LogP contribution in [-0.2, 0) is 97.8 Å². The lowest BCUT2D eigenvalue weighted by Crippen LogP contribution is -2.72. The summed E-state index contributed by atoms with van der Waals surface area (Å²) in [6, 6.07) is 0. The van der Waals surface area contributed by atoms with E-state index in [4.69, 9.17) is 33.0 Å². The van der Waals surface area contributed by atoms with Crippen molar-refractivity contribution < 1.29 is 86.4 Å². The fourth-order valence-corrected chi connectivity index (χ4v) is 27.5. The van der Waals surface area contributed by atoms with E-state index in [1.165, 1.54) is 0 Å². The Labute approximate surface area is 362 Å². The number of piperidine rings is 2. The fraction of sp³-hybridized carbons (Fsp3) is 0.929. The lowest BCUT2D eigenvalue weighted by atomic mass is 10.1. The molecule has 0 spiro atoms. The van der Waals surface area contributed by atoms with E-state index in [2.05, 4.69) is 0 Å². The van der Waals surface area contributed by atoms with Crippen LogP contribution in [0.1, 0.15) is 77.0 Å². The highest BCUT2D eigenvalue weighted by molar-refractivity contribution is 8.12. The molecule has 0 aromatic heterocycles. The smallest absolute Gasteiger partial charge is 0.306 e. The molecule has 2 fully saturated rings. The van der Waals surface area contributed by atoms with Crippen LogP contribution < -0.4 is 0 Å². The molecule has 2 aliphatic rings. The maximum absolute atomic E-state index is 13.0. The number of unbranched alkanes of at least 4 members (excludes halogenated alkanes) is 5. The van der Waals surface area contributed by atoms with Gasteiger partial charge >= 0.3 is 11.9 Å². The van der Waals surface area contributed by atoms with Crippen molar-refractivity contribution in [3.05, 3.63) is 0 Å². The molecule has 22 nitrogen and oxygen atoms in total. The molecule has 0 aromatic carbocycles. The predicted molar refractivity (Wildman–Crippen MR) is 220 cm³/mol. The first-order valence-electron chi connectivity index (χ1n) is 17.3. The van der Waals surface area contributed by atoms with E-state index in [9.17, 15) is 76.9 Å². The molecule has 0 unspecified atom stereocenters. The van der Waals surface area contributed by atoms with Gasteiger partial charge < -0.3 is 9.47 Å². The Bertz CT molecular complexity index is 2150. The number of ether oxygens (including phenoxy) is 2. The molecule has 354 valence electrons. The van der Waals surface area contributed by atoms with Gasteiger partial charge in [0, 0.05) is 88.6 Å². The van der Waals surface area contributed by atoms with E-state index in [0.717, 1.165) is 0 Å². The van der Waals surface area contributed by atoms with E-state index in [1.54, 1.807) is 0 Å². The number of nitrogens with zero attached hydrogens (tertiary/aromatic N) is 2. The van der Waals surface area contributed by atoms with Crippen LogP contribution in [0.15, 0.2) is 0 Å². The van der Waals surface area contributed by atoms with Gasteiger partial charge in [-0.2, -0.15) is 0 Å². The summed E-state index contributed by atoms with van der Waals surface area (Å²) >= 11 is 12.3. The summed E-state index contributed by atoms with van der Waals surface area (Å²) in [5.41, 5.74) is 0. The molecule has 0 N–H and O–H groups in total. The Balaban J connectivity index is 2.11. The van der Waals surface area contributed by atoms with Crippen molar-refractivity contribution in [2.75, 3.05) is 50.0 Å². The predicted octanol–water partition coefficient (Wildman–Crippen LogP) is -0.598. The SMILES string of the molecule is CS(=O)(=O)C1(S(C)(=O)=O)CC(OC(=O)CCCCCCCCC(=O)OC2CC(S(C)(=O)=O)(S(C)(=O)=O)N(Cl)C(S(C)(=O)=O)(S(C)(=O)=O)C2)CC(S(C)(=O)=O)(S(C)(=O)=O)N1Cl. The Kier molecular flexibility index (Phi) is 16.4. The highest BCUT2D eigenvalue weighted by atomic mass is 35.5. The minimum atomic E-state index is -4.97. The van der Waals surface area contributed by atoms with Gasteiger partial charge in [0.05, 0.1) is 0 Å². The van der Waals surface area contributed by atoms with E-state index < -0.39 is 145 Å². The van der Waals surface area contributed by atoms with Crippen LogP contribution in [0.5, 0.6) is 0 Å². The van der Waals surface area contributed by atoms with Crippen LogP contribution >= 0.6 is 23.6 Å². The number of hydrogen-bond acceptors (Lipinski definition) is 22. The van der Waals surface area contributed by atoms with Gasteiger partial charge in [-0.15, -0.1) is 8.84 Å². The van der Waals surface area contributed by atoms with Crippen molar-refractivity contribution in [3.8, 4) is 0 Å². The molecule has 0 aromatic rings. The van der Waals surface area contributed by atoms with Crippen molar-refractivity contribution in [1.82, 2.24) is 8.84 Å². The van der Waals surface area contributed by atoms with Crippen molar-refractivity contribution in [2.24, 2.45) is 0 Å². The number of sulfone groups is 8. The summed E-state index contributed by atoms with van der Waals surface area (Å²) in [5, 5.41) is 0. The molecule has 0 saturated carbocycles. The molecule has 0 aliphatic carbocycles. The number of halogens is 2. The summed E-state index contributed by atoms with van der Waals surface area (Å²) in [7, 11) is -39.8. The molecule has 2 aliphatic heterocycles. The summed E-state index contributed by atoms with van der Waals surface area (Å²) in [4.78, 5) is 25.7. The second-order valence-corrected chi connectivity index (χ2v) is 34.7. The first-order valence-corrected chi connectivity index (χ1v) is 33.1. The van der Waals surface area contributed by atoms with E-state index in [-0.39, 0.29) is 34.5 Å². The van der Waals surface area contributed by atoms with Gasteiger partial charge in [0.15, 0.2) is 78.7 Å². The monoisotopic (exact) mass is 1060 g/mol. The molecule has 2 heterocycles. The summed E-state index contributed by atoms with van der Waals surface area (Å²) in [5.74, 6) is -2.08. The molecule has 60 heavy (non-hydrogen) atoms. The topological polar surface area (TPSA) is 332 Å². The minimum absolute atomic E-state index is 0.131. The summed E-state index contributed by atoms with van der Waals surface area (Å²) < 4.78 is 205. The van der Waals surface area contributed by atoms with Gasteiger partial charge in [0.1, 0.15) is 12.2 Å². The van der Waals surface area contributed by atoms with Crippen molar-refractivity contribution in [2.45, 2.75) is 106 Å². The second kappa shape index (κ2) is 17.8. The van der Waals surface area contributed by atoms with Gasteiger partial charge in [-0.05, 0) is 36.4 Å². The first-order chi connectivity index (χ1) is 26.5. The molecule has 0 radical (unpaired) electrons. The van der Waals surface area contributed by atoms with Gasteiger partial charge in [-0.3, -0.25) is 9.59 Å². The number of esters is 2. The molecule has 32 heteroatoms. The third-order valence-electron chi connectivity index (χ3n) is 10.4. The molecule has 0 bridgehead atoms. The van der Waals surface area contributed by atoms with Crippen molar-refractivity contribution in [3.63, 3.8) is 0 Å². The lowest BCUT2D eigenvalue weighted by molar-refractivity contribution is -0.153. The number of carbonyl (C=O) groups excluding carboxylic acids is 2. The highest BCUT2D eigenvalue weighted by Crippen LogP contribution is 2.53. The standard InChI is InChI=1S/C28H50Cl2N2O20S8/c1-53(35,36)25(54(2,37)38)17-21(18-26(31(25)29,55(3,39)40)56(4,41)42)51-23(33)15-13-11-9-10-12-14-16-24(34)52-22-19-27(57(5,43)44,58(6,45)46)32(30)28(20-22,59(7,47)48)60(8,49)50/h21-22H,9-20H2,1-8H3. The molecular weight excluding hydrogens is 1010 g/mol. The quantitative estimate of drug-likeness (QED) is 0.0886. The molecule has 0 atom stereocenters. The van der Waals surface area contributed by atoms with Gasteiger partial charge in [0.2, 0.25) is 16.8 Å². The maximum atomic E-state index is 13.0. The van der Waals surface area contributed by atoms with Crippen molar-refractivity contribution >= 4 is 114 Å². The zero-order valence-electron chi connectivity index (χ0n) is 33.7. The van der Waals surface area contributed by atoms with Gasteiger partial charge in [-0.25, -0.2) is 67.3 Å². The zero-order chi connectivity index (χ0) is 47.4. The van der Waals surface area contributed by atoms with Crippen LogP contribution in [0.4, 0.5) is 0 Å². The number of rotatable bonds is 19. The Morgan fingerprint density at radius 1 is 0.400 bits per heavy atom. The molecule has 0 amide bonds. The Morgan fingerprint density at radius 3 is 0.733 bits per heavy atom. The third-order valence-corrected chi connectivity index (χ3v) is 31.7. The van der Waals surface area contributed by atoms with Crippen LogP contribution in [-0.4, -0.2) is 167 Å². The summed E-state index contributed by atoms with van der Waals surface area (Å²) in [6.07, 6.45) is -3.78. The second-order valence-electron chi connectivity index (χ2n) is 15.3. The molecule has 2 saturated heterocycles. The van der Waals surface area contributed by atoms with Crippen molar-refractivity contribution in [1.29, 1.82) is 0 Å². The van der Waals surface area contributed by atoms with Crippen LogP contribution in [0.3, 0.4) is 0 Å². The van der Waals surface area contributed by atoms with Crippen LogP contribution in [0.2, 0.25) is 0 Å². The van der Waals surface area contributed by atoms with Gasteiger partial charge in [-0.1, -0.05) is 25.7 Å². The van der Waals surface area contributed by atoms with E-state index >= 15 is 0 Å². The zero-order valence-corrected chi connectivity index (χ0v) is 41.8. The molecule has 2 rings (SSSR count). The van der Waals surface area contributed by atoms with E-state index in [0.29, 0.717) is 75.7 Å². The normalized spacial score (nSPS) is 21.6. The van der Waals surface area contributed by atoms with Crippen LogP contribution in [0.25, 0.3) is 0 Å². The Morgan fingerprint density at radius 2 is 0.567 bits per heavy atom. The summed E-state index contributed by atoms with van der Waals surface area (Å²) in [6.45, 7) is 0. The number of hydrogen-bond donors (Lipinski definition) is 0. The maximum Gasteiger partial charge on any atom is 0.306 e. The minimum Gasteiger partial charge on any atom is -0.462 e. The number of carbonyl (C=O) groups is 2. The highest BCUT2D eigenvalue weighted by Gasteiger charge is 2.74. The average Bonchev–Trinajstić information content (AvgIpc) is 2.98. The lowest BCUT2D eigenvalue weighted by Gasteiger charge is -2.51. The van der Waals surface area contributed by atoms with E-state index in [1.807, 2.05) is 0 Å². The Hall–Kier alpha value is -0.960.